The Labute approximate surface area is 88.1 Å². The van der Waals surface area contributed by atoms with Gasteiger partial charge in [0, 0.05) is 9.75 Å². The van der Waals surface area contributed by atoms with Gasteiger partial charge in [0.05, 0.1) is 0 Å². The summed E-state index contributed by atoms with van der Waals surface area (Å²) in [5.74, 6) is -0.479. The lowest BCUT2D eigenvalue weighted by molar-refractivity contribution is -0.119. The standard InChI is InChI=1S/C10H16N2OS/c1-10(2,3)7-5-4-6(14-7)8(11)9(12)13/h4-5,8H,11H2,1-3H3,(H2,12,13). The molecule has 14 heavy (non-hydrogen) atoms. The zero-order chi connectivity index (χ0) is 10.9. The van der Waals surface area contributed by atoms with Crippen LogP contribution in [0.25, 0.3) is 0 Å². The predicted molar refractivity (Wildman–Crippen MR) is 59.1 cm³/mol. The minimum Gasteiger partial charge on any atom is -0.368 e. The van der Waals surface area contributed by atoms with Crippen LogP contribution in [0.15, 0.2) is 12.1 Å². The van der Waals surface area contributed by atoms with Gasteiger partial charge in [0.25, 0.3) is 0 Å². The van der Waals surface area contributed by atoms with Crippen LogP contribution in [-0.4, -0.2) is 5.91 Å². The zero-order valence-electron chi connectivity index (χ0n) is 8.70. The number of rotatable bonds is 2. The molecule has 1 atom stereocenters. The summed E-state index contributed by atoms with van der Waals surface area (Å²) in [7, 11) is 0. The third kappa shape index (κ3) is 2.33. The van der Waals surface area contributed by atoms with Crippen molar-refractivity contribution in [3.63, 3.8) is 0 Å². The maximum absolute atomic E-state index is 10.9. The number of nitrogens with two attached hydrogens (primary N) is 2. The highest BCUT2D eigenvalue weighted by Gasteiger charge is 2.20. The van der Waals surface area contributed by atoms with Gasteiger partial charge in [0.1, 0.15) is 6.04 Å². The lowest BCUT2D eigenvalue weighted by Crippen LogP contribution is -2.27. The van der Waals surface area contributed by atoms with E-state index >= 15 is 0 Å². The first-order valence-corrected chi connectivity index (χ1v) is 5.29. The Morgan fingerprint density at radius 1 is 1.43 bits per heavy atom. The summed E-state index contributed by atoms with van der Waals surface area (Å²) in [6, 6.07) is 3.21. The Bertz CT molecular complexity index is 338. The van der Waals surface area contributed by atoms with Gasteiger partial charge in [-0.05, 0) is 17.5 Å². The smallest absolute Gasteiger partial charge is 0.239 e. The highest BCUT2D eigenvalue weighted by atomic mass is 32.1. The lowest BCUT2D eigenvalue weighted by Gasteiger charge is -2.15. The first kappa shape index (κ1) is 11.2. The number of thiophene rings is 1. The highest BCUT2D eigenvalue weighted by molar-refractivity contribution is 7.12. The topological polar surface area (TPSA) is 69.1 Å². The number of amides is 1. The summed E-state index contributed by atoms with van der Waals surface area (Å²) in [5, 5.41) is 0. The van der Waals surface area contributed by atoms with E-state index in [1.807, 2.05) is 12.1 Å². The van der Waals surface area contributed by atoms with Crippen LogP contribution in [-0.2, 0) is 10.2 Å². The van der Waals surface area contributed by atoms with Crippen LogP contribution in [0, 0.1) is 0 Å². The molecular weight excluding hydrogens is 196 g/mol. The summed E-state index contributed by atoms with van der Waals surface area (Å²) in [6.07, 6.45) is 0. The van der Waals surface area contributed by atoms with Crippen LogP contribution >= 0.6 is 11.3 Å². The molecule has 0 saturated carbocycles. The summed E-state index contributed by atoms with van der Waals surface area (Å²) in [4.78, 5) is 12.9. The summed E-state index contributed by atoms with van der Waals surface area (Å²) >= 11 is 1.55. The number of carbonyl (C=O) groups is 1. The molecule has 1 heterocycles. The van der Waals surface area contributed by atoms with Crippen molar-refractivity contribution in [3.8, 4) is 0 Å². The number of primary amides is 1. The molecule has 1 aromatic heterocycles. The fourth-order valence-corrected chi connectivity index (χ4v) is 2.14. The molecule has 1 rings (SSSR count). The van der Waals surface area contributed by atoms with Crippen molar-refractivity contribution in [1.82, 2.24) is 0 Å². The minimum absolute atomic E-state index is 0.0975. The molecule has 0 aliphatic rings. The molecule has 78 valence electrons. The fraction of sp³-hybridized carbons (Fsp3) is 0.500. The average Bonchev–Trinajstić information content (AvgIpc) is 2.49. The molecule has 4 heteroatoms. The Balaban J connectivity index is 2.94. The van der Waals surface area contributed by atoms with Crippen LogP contribution in [0.2, 0.25) is 0 Å². The van der Waals surface area contributed by atoms with E-state index in [0.29, 0.717) is 0 Å². The monoisotopic (exact) mass is 212 g/mol. The number of hydrogen-bond donors (Lipinski definition) is 2. The molecule has 0 saturated heterocycles. The van der Waals surface area contributed by atoms with Gasteiger partial charge in [0.2, 0.25) is 5.91 Å². The van der Waals surface area contributed by atoms with E-state index in [4.69, 9.17) is 11.5 Å². The summed E-state index contributed by atoms with van der Waals surface area (Å²) in [6.45, 7) is 6.37. The third-order valence-corrected chi connectivity index (χ3v) is 3.57. The van der Waals surface area contributed by atoms with Gasteiger partial charge in [-0.15, -0.1) is 11.3 Å². The lowest BCUT2D eigenvalue weighted by atomic mass is 9.95. The number of carbonyl (C=O) groups excluding carboxylic acids is 1. The number of hydrogen-bond acceptors (Lipinski definition) is 3. The van der Waals surface area contributed by atoms with Crippen molar-refractivity contribution in [2.75, 3.05) is 0 Å². The maximum atomic E-state index is 10.9. The Kier molecular flexibility index (Phi) is 2.97. The predicted octanol–water partition coefficient (Wildman–Crippen LogP) is 1.53. The highest BCUT2D eigenvalue weighted by Crippen LogP contribution is 2.31. The molecular formula is C10H16N2OS. The van der Waals surface area contributed by atoms with E-state index < -0.39 is 11.9 Å². The van der Waals surface area contributed by atoms with Crippen molar-refractivity contribution in [3.05, 3.63) is 21.9 Å². The molecule has 1 aromatic rings. The molecule has 3 nitrogen and oxygen atoms in total. The van der Waals surface area contributed by atoms with E-state index in [9.17, 15) is 4.79 Å². The van der Waals surface area contributed by atoms with Crippen LogP contribution in [0.4, 0.5) is 0 Å². The van der Waals surface area contributed by atoms with Crippen LogP contribution in [0.1, 0.15) is 36.6 Å². The van der Waals surface area contributed by atoms with Crippen molar-refractivity contribution in [2.24, 2.45) is 11.5 Å². The molecule has 0 spiro atoms. The second-order valence-electron chi connectivity index (χ2n) is 4.33. The van der Waals surface area contributed by atoms with Gasteiger partial charge >= 0.3 is 0 Å². The van der Waals surface area contributed by atoms with Gasteiger partial charge in [-0.25, -0.2) is 0 Å². The van der Waals surface area contributed by atoms with Crippen molar-refractivity contribution in [1.29, 1.82) is 0 Å². The van der Waals surface area contributed by atoms with Crippen molar-refractivity contribution >= 4 is 17.2 Å². The van der Waals surface area contributed by atoms with Crippen molar-refractivity contribution in [2.45, 2.75) is 32.2 Å². The molecule has 0 aliphatic heterocycles. The first-order chi connectivity index (χ1) is 6.32. The third-order valence-electron chi connectivity index (χ3n) is 1.98. The Hall–Kier alpha value is -0.870. The van der Waals surface area contributed by atoms with Gasteiger partial charge in [-0.2, -0.15) is 0 Å². The van der Waals surface area contributed by atoms with Crippen LogP contribution in [0.3, 0.4) is 0 Å². The van der Waals surface area contributed by atoms with Crippen LogP contribution < -0.4 is 11.5 Å². The molecule has 0 radical (unpaired) electrons. The summed E-state index contributed by atoms with van der Waals surface area (Å²) in [5.41, 5.74) is 10.9. The second kappa shape index (κ2) is 3.71. The molecule has 0 bridgehead atoms. The minimum atomic E-state index is -0.670. The van der Waals surface area contributed by atoms with Crippen LogP contribution in [0.5, 0.6) is 0 Å². The van der Waals surface area contributed by atoms with E-state index in [0.717, 1.165) is 4.88 Å². The molecule has 4 N–H and O–H groups in total. The van der Waals surface area contributed by atoms with E-state index in [2.05, 4.69) is 20.8 Å². The first-order valence-electron chi connectivity index (χ1n) is 4.47. The van der Waals surface area contributed by atoms with Gasteiger partial charge in [-0.3, -0.25) is 4.79 Å². The molecule has 1 amide bonds. The largest absolute Gasteiger partial charge is 0.368 e. The molecule has 1 unspecified atom stereocenters. The SMILES string of the molecule is CC(C)(C)c1ccc(C(N)C(N)=O)s1. The Morgan fingerprint density at radius 2 is 2.00 bits per heavy atom. The fourth-order valence-electron chi connectivity index (χ4n) is 1.06. The van der Waals surface area contributed by atoms with E-state index in [1.165, 1.54) is 4.88 Å². The van der Waals surface area contributed by atoms with Crippen molar-refractivity contribution < 1.29 is 4.79 Å². The molecule has 0 aromatic carbocycles. The Morgan fingerprint density at radius 3 is 2.36 bits per heavy atom. The van der Waals surface area contributed by atoms with E-state index in [1.54, 1.807) is 11.3 Å². The quantitative estimate of drug-likeness (QED) is 0.780. The molecule has 0 aliphatic carbocycles. The normalized spacial score (nSPS) is 14.0. The maximum Gasteiger partial charge on any atom is 0.239 e. The van der Waals surface area contributed by atoms with Gasteiger partial charge in [0.15, 0.2) is 0 Å². The second-order valence-corrected chi connectivity index (χ2v) is 5.45. The zero-order valence-corrected chi connectivity index (χ0v) is 9.52. The summed E-state index contributed by atoms with van der Waals surface area (Å²) < 4.78 is 0. The van der Waals surface area contributed by atoms with Gasteiger partial charge < -0.3 is 11.5 Å². The molecule has 0 fully saturated rings. The average molecular weight is 212 g/mol. The van der Waals surface area contributed by atoms with E-state index in [-0.39, 0.29) is 5.41 Å². The van der Waals surface area contributed by atoms with Gasteiger partial charge in [-0.1, -0.05) is 20.8 Å².